The van der Waals surface area contributed by atoms with Crippen LogP contribution in [-0.4, -0.2) is 24.2 Å². The van der Waals surface area contributed by atoms with Crippen molar-refractivity contribution in [3.63, 3.8) is 0 Å². The van der Waals surface area contributed by atoms with Gasteiger partial charge in [0.15, 0.2) is 17.2 Å². The van der Waals surface area contributed by atoms with Crippen LogP contribution in [0.15, 0.2) is 36.7 Å². The molecule has 1 heterocycles. The van der Waals surface area contributed by atoms with E-state index in [9.17, 15) is 0 Å². The molecule has 2 rings (SSSR count). The van der Waals surface area contributed by atoms with E-state index in [-0.39, 0.29) is 4.99 Å². The van der Waals surface area contributed by atoms with Crippen LogP contribution in [0.3, 0.4) is 0 Å². The molecule has 0 spiro atoms. The highest BCUT2D eigenvalue weighted by Gasteiger charge is 2.15. The number of ether oxygens (including phenoxy) is 3. The Balaban J connectivity index is 2.47. The third-order valence-corrected chi connectivity index (χ3v) is 2.86. The Morgan fingerprint density at radius 1 is 1.10 bits per heavy atom. The van der Waals surface area contributed by atoms with E-state index in [4.69, 9.17) is 32.2 Å². The zero-order valence-electron chi connectivity index (χ0n) is 11.1. The fraction of sp³-hybridized carbons (Fsp3) is 0.143. The molecule has 2 N–H and O–H groups in total. The van der Waals surface area contributed by atoms with Crippen LogP contribution in [0.4, 0.5) is 0 Å². The van der Waals surface area contributed by atoms with Crippen LogP contribution in [0.5, 0.6) is 23.0 Å². The van der Waals surface area contributed by atoms with Gasteiger partial charge >= 0.3 is 0 Å². The fourth-order valence-corrected chi connectivity index (χ4v) is 1.86. The first-order valence-corrected chi connectivity index (χ1v) is 6.21. The summed E-state index contributed by atoms with van der Waals surface area (Å²) in [4.78, 5) is 4.25. The third kappa shape index (κ3) is 2.80. The molecular weight excluding hydrogens is 276 g/mol. The van der Waals surface area contributed by atoms with Crippen molar-refractivity contribution in [3.8, 4) is 23.0 Å². The zero-order chi connectivity index (χ0) is 14.5. The van der Waals surface area contributed by atoms with Crippen LogP contribution in [0.2, 0.25) is 0 Å². The molecular formula is C14H14N2O3S. The van der Waals surface area contributed by atoms with Crippen LogP contribution in [-0.2, 0) is 0 Å². The van der Waals surface area contributed by atoms with Gasteiger partial charge in [0, 0.05) is 6.20 Å². The summed E-state index contributed by atoms with van der Waals surface area (Å²) in [5, 5.41) is 0. The minimum atomic E-state index is 0.233. The molecule has 1 aromatic carbocycles. The van der Waals surface area contributed by atoms with Crippen molar-refractivity contribution >= 4 is 17.2 Å². The van der Waals surface area contributed by atoms with Crippen LogP contribution in [0.1, 0.15) is 5.56 Å². The predicted molar refractivity (Wildman–Crippen MR) is 79.7 cm³/mol. The number of hydrogen-bond donors (Lipinski definition) is 1. The first kappa shape index (κ1) is 14.1. The minimum absolute atomic E-state index is 0.233. The first-order chi connectivity index (χ1) is 9.67. The number of para-hydroxylation sites is 1. The molecule has 1 aromatic heterocycles. The summed E-state index contributed by atoms with van der Waals surface area (Å²) in [5.41, 5.74) is 6.27. The van der Waals surface area contributed by atoms with Gasteiger partial charge in [-0.05, 0) is 18.2 Å². The van der Waals surface area contributed by atoms with Gasteiger partial charge in [0.1, 0.15) is 4.99 Å². The molecule has 0 fully saturated rings. The van der Waals surface area contributed by atoms with Crippen LogP contribution < -0.4 is 19.9 Å². The quantitative estimate of drug-likeness (QED) is 0.854. The summed E-state index contributed by atoms with van der Waals surface area (Å²) in [7, 11) is 3.11. The summed E-state index contributed by atoms with van der Waals surface area (Å²) in [5.74, 6) is 1.98. The molecule has 0 aliphatic rings. The molecule has 20 heavy (non-hydrogen) atoms. The highest BCUT2D eigenvalue weighted by molar-refractivity contribution is 7.80. The molecule has 0 aliphatic heterocycles. The maximum Gasteiger partial charge on any atom is 0.211 e. The van der Waals surface area contributed by atoms with E-state index < -0.39 is 0 Å². The average molecular weight is 290 g/mol. The van der Waals surface area contributed by atoms with E-state index >= 15 is 0 Å². The molecule has 0 saturated heterocycles. The Kier molecular flexibility index (Phi) is 4.37. The Morgan fingerprint density at radius 3 is 2.30 bits per heavy atom. The van der Waals surface area contributed by atoms with Crippen LogP contribution in [0, 0.1) is 0 Å². The highest BCUT2D eigenvalue weighted by Crippen LogP contribution is 2.40. The molecule has 5 nitrogen and oxygen atoms in total. The van der Waals surface area contributed by atoms with Gasteiger partial charge in [-0.15, -0.1) is 0 Å². The van der Waals surface area contributed by atoms with Crippen LogP contribution in [0.25, 0.3) is 0 Å². The van der Waals surface area contributed by atoms with Crippen LogP contribution >= 0.6 is 12.2 Å². The molecule has 0 atom stereocenters. The standard InChI is InChI=1S/C14H14N2O3S/c1-17-10-4-3-5-11(18-2)13(10)19-12-8-16-7-6-9(12)14(15)20/h3-8H,1-2H3,(H2,15,20). The maximum atomic E-state index is 5.83. The Hall–Kier alpha value is -2.34. The number of benzene rings is 1. The topological polar surface area (TPSA) is 66.6 Å². The summed E-state index contributed by atoms with van der Waals surface area (Å²) >= 11 is 5.00. The van der Waals surface area contributed by atoms with E-state index in [2.05, 4.69) is 4.98 Å². The molecule has 2 aromatic rings. The summed E-state index contributed by atoms with van der Waals surface area (Å²) in [6.07, 6.45) is 3.14. The minimum Gasteiger partial charge on any atom is -0.493 e. The number of aromatic nitrogens is 1. The molecule has 0 saturated carbocycles. The SMILES string of the molecule is COc1cccc(OC)c1Oc1cnccc1C(N)=S. The molecule has 0 radical (unpaired) electrons. The number of nitrogens with zero attached hydrogens (tertiary/aromatic N) is 1. The number of rotatable bonds is 5. The number of hydrogen-bond acceptors (Lipinski definition) is 5. The van der Waals surface area contributed by atoms with Gasteiger partial charge in [-0.3, -0.25) is 4.98 Å². The number of thiocarbonyl (C=S) groups is 1. The third-order valence-electron chi connectivity index (χ3n) is 2.64. The van der Waals surface area contributed by atoms with Gasteiger partial charge in [-0.2, -0.15) is 0 Å². The monoisotopic (exact) mass is 290 g/mol. The van der Waals surface area contributed by atoms with Gasteiger partial charge in [-0.1, -0.05) is 18.3 Å². The van der Waals surface area contributed by atoms with Crippen molar-refractivity contribution in [2.75, 3.05) is 14.2 Å². The van der Waals surface area contributed by atoms with Crippen molar-refractivity contribution < 1.29 is 14.2 Å². The maximum absolute atomic E-state index is 5.83. The van der Waals surface area contributed by atoms with E-state index in [0.717, 1.165) is 0 Å². The van der Waals surface area contributed by atoms with Crippen molar-refractivity contribution in [1.82, 2.24) is 4.98 Å². The summed E-state index contributed by atoms with van der Waals surface area (Å²) in [6, 6.07) is 7.05. The van der Waals surface area contributed by atoms with Gasteiger partial charge in [0.05, 0.1) is 26.0 Å². The molecule has 0 aliphatic carbocycles. The Labute approximate surface area is 122 Å². The zero-order valence-corrected chi connectivity index (χ0v) is 11.9. The van der Waals surface area contributed by atoms with Crippen molar-refractivity contribution in [2.45, 2.75) is 0 Å². The molecule has 6 heteroatoms. The lowest BCUT2D eigenvalue weighted by molar-refractivity contribution is 0.345. The van der Waals surface area contributed by atoms with E-state index in [0.29, 0.717) is 28.6 Å². The largest absolute Gasteiger partial charge is 0.493 e. The predicted octanol–water partition coefficient (Wildman–Crippen LogP) is 2.53. The van der Waals surface area contributed by atoms with Gasteiger partial charge in [0.2, 0.25) is 5.75 Å². The average Bonchev–Trinajstić information content (AvgIpc) is 2.47. The first-order valence-electron chi connectivity index (χ1n) is 5.80. The second-order valence-corrected chi connectivity index (χ2v) is 4.27. The molecule has 0 unspecified atom stereocenters. The van der Waals surface area contributed by atoms with E-state index in [1.807, 2.05) is 6.07 Å². The second-order valence-electron chi connectivity index (χ2n) is 3.83. The number of methoxy groups -OCH3 is 2. The number of pyridine rings is 1. The lowest BCUT2D eigenvalue weighted by Crippen LogP contribution is -2.11. The van der Waals surface area contributed by atoms with Gasteiger partial charge < -0.3 is 19.9 Å². The Bertz CT molecular complexity index is 609. The summed E-state index contributed by atoms with van der Waals surface area (Å²) in [6.45, 7) is 0. The smallest absolute Gasteiger partial charge is 0.211 e. The van der Waals surface area contributed by atoms with E-state index in [1.54, 1.807) is 44.8 Å². The van der Waals surface area contributed by atoms with Gasteiger partial charge in [0.25, 0.3) is 0 Å². The number of nitrogens with two attached hydrogens (primary N) is 1. The van der Waals surface area contributed by atoms with Crippen molar-refractivity contribution in [2.24, 2.45) is 5.73 Å². The molecule has 104 valence electrons. The van der Waals surface area contributed by atoms with Crippen molar-refractivity contribution in [3.05, 3.63) is 42.2 Å². The van der Waals surface area contributed by atoms with E-state index in [1.165, 1.54) is 0 Å². The lowest BCUT2D eigenvalue weighted by Gasteiger charge is -2.15. The highest BCUT2D eigenvalue weighted by atomic mass is 32.1. The Morgan fingerprint density at radius 2 is 1.75 bits per heavy atom. The molecule has 0 amide bonds. The fourth-order valence-electron chi connectivity index (χ4n) is 1.69. The summed E-state index contributed by atoms with van der Waals surface area (Å²) < 4.78 is 16.4. The second kappa shape index (κ2) is 6.21. The normalized spacial score (nSPS) is 9.90. The lowest BCUT2D eigenvalue weighted by atomic mass is 10.2. The van der Waals surface area contributed by atoms with Crippen molar-refractivity contribution in [1.29, 1.82) is 0 Å². The van der Waals surface area contributed by atoms with Gasteiger partial charge in [-0.25, -0.2) is 0 Å². The molecule has 0 bridgehead atoms.